The molecule has 130 valence electrons. The molecule has 25 heavy (non-hydrogen) atoms. The highest BCUT2D eigenvalue weighted by atomic mass is 35.5. The Bertz CT molecular complexity index is 831. The lowest BCUT2D eigenvalue weighted by Crippen LogP contribution is -2.05. The maximum Gasteiger partial charge on any atom is 0.127 e. The van der Waals surface area contributed by atoms with Crippen molar-refractivity contribution in [2.75, 3.05) is 0 Å². The second-order valence-electron chi connectivity index (χ2n) is 6.07. The molecule has 2 nitrogen and oxygen atoms in total. The molecule has 3 aromatic rings. The van der Waals surface area contributed by atoms with E-state index in [9.17, 15) is 0 Å². The molecule has 3 rings (SSSR count). The fourth-order valence-electron chi connectivity index (χ4n) is 2.99. The lowest BCUT2D eigenvalue weighted by molar-refractivity contribution is 0.301. The van der Waals surface area contributed by atoms with Gasteiger partial charge in [-0.3, -0.25) is 0 Å². The van der Waals surface area contributed by atoms with Gasteiger partial charge in [-0.05, 0) is 53.8 Å². The Kier molecular flexibility index (Phi) is 6.63. The maximum atomic E-state index is 6.09. The third kappa shape index (κ3) is 4.41. The molecule has 0 radical (unpaired) electrons. The smallest absolute Gasteiger partial charge is 0.127 e. The number of halogens is 1. The molecule has 0 aliphatic rings. The van der Waals surface area contributed by atoms with Gasteiger partial charge in [0.15, 0.2) is 0 Å². The molecule has 0 bridgehead atoms. The second kappa shape index (κ2) is 8.70. The molecule has 0 aliphatic heterocycles. The third-order valence-electron chi connectivity index (χ3n) is 4.25. The average Bonchev–Trinajstić information content (AvgIpc) is 2.61. The zero-order valence-corrected chi connectivity index (χ0v) is 15.5. The van der Waals surface area contributed by atoms with Crippen LogP contribution in [0.2, 0.25) is 0 Å². The number of rotatable bonds is 5. The van der Waals surface area contributed by atoms with E-state index in [1.54, 1.807) is 0 Å². The first-order valence-electron chi connectivity index (χ1n) is 8.25. The molecule has 0 saturated heterocycles. The molecule has 0 amide bonds. The molecule has 0 aromatic heterocycles. The second-order valence-corrected chi connectivity index (χ2v) is 6.07. The van der Waals surface area contributed by atoms with Gasteiger partial charge in [-0.1, -0.05) is 54.6 Å². The topological polar surface area (TPSA) is 35.2 Å². The van der Waals surface area contributed by atoms with Gasteiger partial charge >= 0.3 is 0 Å². The SMILES string of the molecule is Cc1ccccc1-c1cc(C)c(OCc2ccccc2)c(CN)c1.Cl. The molecule has 3 aromatic carbocycles. The quantitative estimate of drug-likeness (QED) is 0.663. The fraction of sp³-hybridized carbons (Fsp3) is 0.182. The first-order valence-corrected chi connectivity index (χ1v) is 8.25. The van der Waals surface area contributed by atoms with Crippen LogP contribution in [0.3, 0.4) is 0 Å². The number of benzene rings is 3. The average molecular weight is 354 g/mol. The zero-order chi connectivity index (χ0) is 16.9. The van der Waals surface area contributed by atoms with Gasteiger partial charge in [0.05, 0.1) is 0 Å². The zero-order valence-electron chi connectivity index (χ0n) is 14.7. The van der Waals surface area contributed by atoms with Crippen LogP contribution >= 0.6 is 12.4 Å². The van der Waals surface area contributed by atoms with Crippen molar-refractivity contribution in [1.29, 1.82) is 0 Å². The highest BCUT2D eigenvalue weighted by molar-refractivity contribution is 5.85. The van der Waals surface area contributed by atoms with E-state index in [0.29, 0.717) is 13.2 Å². The summed E-state index contributed by atoms with van der Waals surface area (Å²) in [6.07, 6.45) is 0. The van der Waals surface area contributed by atoms with Gasteiger partial charge in [-0.25, -0.2) is 0 Å². The molecule has 0 heterocycles. The summed E-state index contributed by atoms with van der Waals surface area (Å²) in [5.74, 6) is 0.902. The predicted molar refractivity (Wildman–Crippen MR) is 107 cm³/mol. The summed E-state index contributed by atoms with van der Waals surface area (Å²) < 4.78 is 6.09. The molecule has 2 N–H and O–H groups in total. The van der Waals surface area contributed by atoms with E-state index in [0.717, 1.165) is 22.4 Å². The van der Waals surface area contributed by atoms with Crippen molar-refractivity contribution >= 4 is 12.4 Å². The van der Waals surface area contributed by atoms with Crippen LogP contribution in [-0.2, 0) is 13.2 Å². The van der Waals surface area contributed by atoms with Crippen molar-refractivity contribution in [2.45, 2.75) is 27.0 Å². The van der Waals surface area contributed by atoms with Crippen LogP contribution in [0.5, 0.6) is 5.75 Å². The maximum absolute atomic E-state index is 6.09. The van der Waals surface area contributed by atoms with Crippen LogP contribution in [0.4, 0.5) is 0 Å². The highest BCUT2D eigenvalue weighted by Gasteiger charge is 2.11. The lowest BCUT2D eigenvalue weighted by Gasteiger charge is -2.16. The molecule has 0 spiro atoms. The minimum Gasteiger partial charge on any atom is -0.488 e. The number of hydrogen-bond acceptors (Lipinski definition) is 2. The van der Waals surface area contributed by atoms with Gasteiger partial charge in [0.1, 0.15) is 12.4 Å². The van der Waals surface area contributed by atoms with Gasteiger partial charge in [-0.2, -0.15) is 0 Å². The fourth-order valence-corrected chi connectivity index (χ4v) is 2.99. The molecule has 0 unspecified atom stereocenters. The van der Waals surface area contributed by atoms with E-state index in [1.807, 2.05) is 18.2 Å². The Hall–Kier alpha value is -2.29. The summed E-state index contributed by atoms with van der Waals surface area (Å²) in [7, 11) is 0. The van der Waals surface area contributed by atoms with Crippen molar-refractivity contribution in [3.63, 3.8) is 0 Å². The minimum absolute atomic E-state index is 0. The molecule has 0 atom stereocenters. The van der Waals surface area contributed by atoms with E-state index in [-0.39, 0.29) is 12.4 Å². The van der Waals surface area contributed by atoms with E-state index >= 15 is 0 Å². The van der Waals surface area contributed by atoms with Gasteiger partial charge < -0.3 is 10.5 Å². The number of nitrogens with two attached hydrogens (primary N) is 1. The van der Waals surface area contributed by atoms with Crippen molar-refractivity contribution in [1.82, 2.24) is 0 Å². The Morgan fingerprint density at radius 3 is 2.20 bits per heavy atom. The van der Waals surface area contributed by atoms with Gasteiger partial charge in [0.2, 0.25) is 0 Å². The van der Waals surface area contributed by atoms with Gasteiger partial charge in [0.25, 0.3) is 0 Å². The van der Waals surface area contributed by atoms with Crippen LogP contribution in [0, 0.1) is 13.8 Å². The molecular weight excluding hydrogens is 330 g/mol. The van der Waals surface area contributed by atoms with Crippen LogP contribution in [0.1, 0.15) is 22.3 Å². The standard InChI is InChI=1S/C22H23NO.ClH/c1-16-8-6-7-11-21(16)19-12-17(2)22(20(13-19)14-23)24-15-18-9-4-3-5-10-18;/h3-13H,14-15,23H2,1-2H3;1H. The summed E-state index contributed by atoms with van der Waals surface area (Å²) in [5, 5.41) is 0. The highest BCUT2D eigenvalue weighted by Crippen LogP contribution is 2.32. The molecule has 0 saturated carbocycles. The number of ether oxygens (including phenoxy) is 1. The lowest BCUT2D eigenvalue weighted by atomic mass is 9.96. The molecule has 3 heteroatoms. The van der Waals surface area contributed by atoms with Gasteiger partial charge in [-0.15, -0.1) is 12.4 Å². The van der Waals surface area contributed by atoms with E-state index < -0.39 is 0 Å². The normalized spacial score (nSPS) is 10.2. The summed E-state index contributed by atoms with van der Waals surface area (Å²) in [6, 6.07) is 22.9. The predicted octanol–water partition coefficient (Wildman–Crippen LogP) is 5.43. The first-order chi connectivity index (χ1) is 11.7. The van der Waals surface area contributed by atoms with Crippen LogP contribution < -0.4 is 10.5 Å². The van der Waals surface area contributed by atoms with Crippen LogP contribution in [0.25, 0.3) is 11.1 Å². The Morgan fingerprint density at radius 1 is 0.840 bits per heavy atom. The molecular formula is C22H24ClNO. The molecule has 0 aliphatic carbocycles. The van der Waals surface area contributed by atoms with Crippen molar-refractivity contribution in [2.24, 2.45) is 5.73 Å². The van der Waals surface area contributed by atoms with E-state index in [4.69, 9.17) is 10.5 Å². The van der Waals surface area contributed by atoms with Gasteiger partial charge in [0, 0.05) is 12.1 Å². The summed E-state index contributed by atoms with van der Waals surface area (Å²) in [6.45, 7) is 5.23. The van der Waals surface area contributed by atoms with Crippen molar-refractivity contribution in [3.8, 4) is 16.9 Å². The largest absolute Gasteiger partial charge is 0.488 e. The summed E-state index contributed by atoms with van der Waals surface area (Å²) in [4.78, 5) is 0. The Morgan fingerprint density at radius 2 is 1.52 bits per heavy atom. The number of hydrogen-bond donors (Lipinski definition) is 1. The molecule has 0 fully saturated rings. The van der Waals surface area contributed by atoms with E-state index in [1.165, 1.54) is 16.7 Å². The summed E-state index contributed by atoms with van der Waals surface area (Å²) in [5.41, 5.74) is 13.0. The van der Waals surface area contributed by atoms with Crippen LogP contribution in [0.15, 0.2) is 66.7 Å². The Labute approximate surface area is 156 Å². The van der Waals surface area contributed by atoms with E-state index in [2.05, 4.69) is 62.4 Å². The summed E-state index contributed by atoms with van der Waals surface area (Å²) >= 11 is 0. The number of aryl methyl sites for hydroxylation is 2. The van der Waals surface area contributed by atoms with Crippen LogP contribution in [-0.4, -0.2) is 0 Å². The third-order valence-corrected chi connectivity index (χ3v) is 4.25. The van der Waals surface area contributed by atoms with Crippen molar-refractivity contribution in [3.05, 3.63) is 89.0 Å². The minimum atomic E-state index is 0. The monoisotopic (exact) mass is 353 g/mol. The first kappa shape index (κ1) is 19.0. The van der Waals surface area contributed by atoms with Crippen molar-refractivity contribution < 1.29 is 4.74 Å². The Balaban J connectivity index is 0.00000225.